The number of carbonyl (C=O) groups excluding carboxylic acids is 1. The van der Waals surface area contributed by atoms with Gasteiger partial charge >= 0.3 is 6.03 Å². The third-order valence-electron chi connectivity index (χ3n) is 0.844. The molecule has 13 heavy (non-hydrogen) atoms. The Bertz CT molecular complexity index is 216. The fraction of sp³-hybridized carbons (Fsp3) is 0.667. The first kappa shape index (κ1) is 10.9. The van der Waals surface area contributed by atoms with Crippen molar-refractivity contribution in [3.05, 3.63) is 20.2 Å². The van der Waals surface area contributed by atoms with Crippen LogP contribution in [0.25, 0.3) is 0 Å². The van der Waals surface area contributed by atoms with Crippen molar-refractivity contribution in [2.75, 3.05) is 13.1 Å². The Labute approximate surface area is 71.5 Å². The molecule has 10 nitrogen and oxygen atoms in total. The Morgan fingerprint density at radius 3 is 2.23 bits per heavy atom. The maximum Gasteiger partial charge on any atom is 0.372 e. The van der Waals surface area contributed by atoms with Crippen LogP contribution in [0.5, 0.6) is 0 Å². The van der Waals surface area contributed by atoms with Gasteiger partial charge < -0.3 is 5.32 Å². The highest BCUT2D eigenvalue weighted by molar-refractivity contribution is 5.72. The molecule has 0 saturated heterocycles. The van der Waals surface area contributed by atoms with Gasteiger partial charge in [0.25, 0.3) is 0 Å². The van der Waals surface area contributed by atoms with E-state index in [0.29, 0.717) is 0 Å². The largest absolute Gasteiger partial charge is 0.372 e. The smallest absolute Gasteiger partial charge is 0.332 e. The lowest BCUT2D eigenvalue weighted by molar-refractivity contribution is -0.543. The first-order valence-electron chi connectivity index (χ1n) is 3.09. The molecule has 0 aliphatic carbocycles. The number of nitrogens with one attached hydrogen (secondary N) is 3. The van der Waals surface area contributed by atoms with Crippen LogP contribution in [0.4, 0.5) is 4.79 Å². The zero-order chi connectivity index (χ0) is 10.3. The van der Waals surface area contributed by atoms with Crippen LogP contribution in [0.3, 0.4) is 0 Å². The van der Waals surface area contributed by atoms with E-state index in [0.717, 1.165) is 0 Å². The summed E-state index contributed by atoms with van der Waals surface area (Å²) in [6.45, 7) is -0.196. The lowest BCUT2D eigenvalue weighted by atomic mass is 10.6. The molecule has 0 aromatic rings. The molecule has 3 N–H and O–H groups in total. The molecule has 0 aromatic carbocycles. The molecular formula is C3H7N5O5. The van der Waals surface area contributed by atoms with Crippen LogP contribution in [0, 0.1) is 20.2 Å². The number of nitrogens with zero attached hydrogens (tertiary/aromatic N) is 2. The lowest BCUT2D eigenvalue weighted by Crippen LogP contribution is -2.42. The molecule has 74 valence electrons. The molecule has 0 rings (SSSR count). The molecule has 0 heterocycles. The van der Waals surface area contributed by atoms with Crippen LogP contribution >= 0.6 is 0 Å². The zero-order valence-electron chi connectivity index (χ0n) is 6.35. The SMILES string of the molecule is O=C(NCCN[N+](=O)[O-])N[N+](=O)[O-]. The molecule has 2 amide bonds. The molecule has 0 spiro atoms. The maximum atomic E-state index is 10.4. The van der Waals surface area contributed by atoms with Crippen molar-refractivity contribution in [2.24, 2.45) is 0 Å². The van der Waals surface area contributed by atoms with E-state index < -0.39 is 16.1 Å². The quantitative estimate of drug-likeness (QED) is 0.269. The second-order valence-electron chi connectivity index (χ2n) is 1.79. The Hall–Kier alpha value is -2.13. The third-order valence-corrected chi connectivity index (χ3v) is 0.844. The minimum absolute atomic E-state index is 0.0827. The molecule has 0 bridgehead atoms. The molecule has 0 radical (unpaired) electrons. The van der Waals surface area contributed by atoms with Crippen LogP contribution in [-0.4, -0.2) is 29.2 Å². The second kappa shape index (κ2) is 5.51. The summed E-state index contributed by atoms with van der Waals surface area (Å²) < 4.78 is 0. The zero-order valence-corrected chi connectivity index (χ0v) is 6.35. The van der Waals surface area contributed by atoms with Gasteiger partial charge in [-0.25, -0.2) is 25.0 Å². The van der Waals surface area contributed by atoms with Crippen molar-refractivity contribution in [1.82, 2.24) is 16.2 Å². The number of rotatable bonds is 5. The minimum atomic E-state index is -1.03. The lowest BCUT2D eigenvalue weighted by Gasteiger charge is -1.99. The molecule has 0 unspecified atom stereocenters. The third kappa shape index (κ3) is 7.77. The van der Waals surface area contributed by atoms with E-state index in [2.05, 4.69) is 0 Å². The van der Waals surface area contributed by atoms with E-state index in [1.54, 1.807) is 5.43 Å². The van der Waals surface area contributed by atoms with Crippen LogP contribution in [0.2, 0.25) is 0 Å². The molecule has 0 fully saturated rings. The number of hydrazine groups is 2. The molecule has 10 heteroatoms. The van der Waals surface area contributed by atoms with Gasteiger partial charge in [-0.05, 0) is 0 Å². The van der Waals surface area contributed by atoms with Gasteiger partial charge in [0, 0.05) is 6.54 Å². The van der Waals surface area contributed by atoms with Crippen molar-refractivity contribution < 1.29 is 14.9 Å². The molecular weight excluding hydrogens is 186 g/mol. The molecule has 0 atom stereocenters. The van der Waals surface area contributed by atoms with Crippen molar-refractivity contribution in [2.45, 2.75) is 0 Å². The van der Waals surface area contributed by atoms with Gasteiger partial charge in [0.15, 0.2) is 10.1 Å². The standard InChI is InChI=1S/C3H7N5O5/c9-3(6-8(12)13)4-1-2-5-7(10)11/h5H,1-2H2,(H2,4,6,9). The van der Waals surface area contributed by atoms with Crippen molar-refractivity contribution in [3.8, 4) is 0 Å². The average molecular weight is 193 g/mol. The first-order valence-corrected chi connectivity index (χ1v) is 3.09. The van der Waals surface area contributed by atoms with Crippen LogP contribution in [0.15, 0.2) is 0 Å². The summed E-state index contributed by atoms with van der Waals surface area (Å²) in [5.41, 5.74) is 3.07. The highest BCUT2D eigenvalue weighted by atomic mass is 16.7. The van der Waals surface area contributed by atoms with Gasteiger partial charge in [0.05, 0.1) is 6.54 Å². The second-order valence-corrected chi connectivity index (χ2v) is 1.79. The summed E-state index contributed by atoms with van der Waals surface area (Å²) in [5.74, 6) is 0. The van der Waals surface area contributed by atoms with Gasteiger partial charge in [-0.2, -0.15) is 0 Å². The number of hydrogen-bond donors (Lipinski definition) is 3. The topological polar surface area (TPSA) is 139 Å². The Kier molecular flexibility index (Phi) is 4.61. The van der Waals surface area contributed by atoms with Gasteiger partial charge in [-0.1, -0.05) is 5.43 Å². The summed E-state index contributed by atoms with van der Waals surface area (Å²) in [7, 11) is 0. The number of urea groups is 1. The Morgan fingerprint density at radius 2 is 1.77 bits per heavy atom. The molecule has 0 aromatic heterocycles. The van der Waals surface area contributed by atoms with Gasteiger partial charge in [-0.3, -0.25) is 0 Å². The highest BCUT2D eigenvalue weighted by Crippen LogP contribution is 1.65. The molecule has 0 aliphatic rings. The highest BCUT2D eigenvalue weighted by Gasteiger charge is 2.05. The summed E-state index contributed by atoms with van der Waals surface area (Å²) in [4.78, 5) is 29.8. The van der Waals surface area contributed by atoms with E-state index in [1.807, 2.05) is 5.32 Å². The fourth-order valence-corrected chi connectivity index (χ4v) is 0.446. The fourth-order valence-electron chi connectivity index (χ4n) is 0.446. The van der Waals surface area contributed by atoms with Gasteiger partial charge in [-0.15, -0.1) is 5.43 Å². The summed E-state index contributed by atoms with van der Waals surface area (Å²) in [5, 5.41) is 19.5. The minimum Gasteiger partial charge on any atom is -0.332 e. The van der Waals surface area contributed by atoms with E-state index in [1.165, 1.54) is 5.43 Å². The maximum absolute atomic E-state index is 10.4. The van der Waals surface area contributed by atoms with Crippen LogP contribution in [-0.2, 0) is 0 Å². The summed E-state index contributed by atoms with van der Waals surface area (Å²) in [6, 6.07) is -1.02. The van der Waals surface area contributed by atoms with E-state index in [-0.39, 0.29) is 13.1 Å². The van der Waals surface area contributed by atoms with Gasteiger partial charge in [0.1, 0.15) is 0 Å². The summed E-state index contributed by atoms with van der Waals surface area (Å²) >= 11 is 0. The first-order chi connectivity index (χ1) is 6.02. The summed E-state index contributed by atoms with van der Waals surface area (Å²) in [6.07, 6.45) is 0. The monoisotopic (exact) mass is 193 g/mol. The van der Waals surface area contributed by atoms with Gasteiger partial charge in [0.2, 0.25) is 0 Å². The van der Waals surface area contributed by atoms with Crippen molar-refractivity contribution >= 4 is 6.03 Å². The normalized spacial score (nSPS) is 8.62. The van der Waals surface area contributed by atoms with Crippen molar-refractivity contribution in [3.63, 3.8) is 0 Å². The molecule has 0 aliphatic heterocycles. The number of amides is 2. The predicted molar refractivity (Wildman–Crippen MR) is 38.5 cm³/mol. The van der Waals surface area contributed by atoms with Crippen LogP contribution in [0.1, 0.15) is 0 Å². The van der Waals surface area contributed by atoms with Crippen molar-refractivity contribution in [1.29, 1.82) is 0 Å². The number of nitro groups is 2. The van der Waals surface area contributed by atoms with E-state index in [9.17, 15) is 25.0 Å². The Balaban J connectivity index is 3.37. The number of carbonyl (C=O) groups is 1. The number of hydrogen-bond acceptors (Lipinski definition) is 5. The molecule has 0 saturated carbocycles. The Morgan fingerprint density at radius 1 is 1.15 bits per heavy atom. The van der Waals surface area contributed by atoms with Crippen LogP contribution < -0.4 is 16.2 Å². The average Bonchev–Trinajstić information content (AvgIpc) is 1.96. The predicted octanol–water partition coefficient (Wildman–Crippen LogP) is -1.74. The van der Waals surface area contributed by atoms with E-state index in [4.69, 9.17) is 0 Å². The van der Waals surface area contributed by atoms with E-state index >= 15 is 0 Å².